The second-order valence-corrected chi connectivity index (χ2v) is 13.2. The van der Waals surface area contributed by atoms with Crippen LogP contribution >= 0.6 is 11.8 Å². The number of carbonyl (C=O) groups excluding carboxylic acids is 3. The van der Waals surface area contributed by atoms with E-state index < -0.39 is 33.4 Å². The van der Waals surface area contributed by atoms with E-state index in [-0.39, 0.29) is 30.4 Å². The van der Waals surface area contributed by atoms with Gasteiger partial charge in [-0.1, -0.05) is 68.0 Å². The quantitative estimate of drug-likeness (QED) is 0.540. The number of carbonyl (C=O) groups is 3. The molecule has 0 saturated carbocycles. The predicted molar refractivity (Wildman–Crippen MR) is 149 cm³/mol. The molecule has 4 aliphatic heterocycles. The van der Waals surface area contributed by atoms with E-state index in [1.54, 1.807) is 23.6 Å². The molecule has 1 spiro atoms. The van der Waals surface area contributed by atoms with E-state index >= 15 is 0 Å². The van der Waals surface area contributed by atoms with Gasteiger partial charge in [-0.15, -0.1) is 11.8 Å². The lowest BCUT2D eigenvalue weighted by Gasteiger charge is -2.40. The fourth-order valence-electron chi connectivity index (χ4n) is 7.01. The Morgan fingerprint density at radius 1 is 0.974 bits per heavy atom. The van der Waals surface area contributed by atoms with Crippen LogP contribution in [-0.2, 0) is 20.9 Å². The average molecular weight is 538 g/mol. The number of likely N-dealkylation sites (tertiary alicyclic amines) is 1. The molecule has 8 heteroatoms. The molecule has 5 rings (SSSR count). The molecule has 7 nitrogen and oxygen atoms in total. The fraction of sp³-hybridized carbons (Fsp3) is 0.567. The van der Waals surface area contributed by atoms with Crippen molar-refractivity contribution in [1.29, 1.82) is 0 Å². The first kappa shape index (κ1) is 27.0. The molecule has 2 unspecified atom stereocenters. The number of nitrogens with zero attached hydrogens (tertiary/aromatic N) is 3. The summed E-state index contributed by atoms with van der Waals surface area (Å²) in [6.07, 6.45) is 10.0. The maximum absolute atomic E-state index is 14.3. The van der Waals surface area contributed by atoms with Crippen molar-refractivity contribution in [2.24, 2.45) is 11.8 Å². The number of rotatable bonds is 7. The number of aliphatic hydroxyl groups excluding tert-OH is 1. The molecule has 0 radical (unpaired) electrons. The number of aliphatic hydroxyl groups is 1. The van der Waals surface area contributed by atoms with Gasteiger partial charge in [0.15, 0.2) is 0 Å². The highest BCUT2D eigenvalue weighted by Crippen LogP contribution is 2.65. The summed E-state index contributed by atoms with van der Waals surface area (Å²) in [5, 5.41) is 10.1. The van der Waals surface area contributed by atoms with Crippen molar-refractivity contribution in [3.8, 4) is 0 Å². The van der Waals surface area contributed by atoms with Gasteiger partial charge in [0, 0.05) is 30.4 Å². The average Bonchev–Trinajstić information content (AvgIpc) is 3.18. The number of amides is 3. The lowest BCUT2D eigenvalue weighted by molar-refractivity contribution is -0.147. The van der Waals surface area contributed by atoms with Crippen LogP contribution in [0, 0.1) is 11.8 Å². The van der Waals surface area contributed by atoms with E-state index in [1.807, 2.05) is 65.3 Å². The summed E-state index contributed by atoms with van der Waals surface area (Å²) in [5.41, 5.74) is 1.04. The maximum Gasteiger partial charge on any atom is 0.247 e. The number of thioether (sulfide) groups is 1. The molecule has 3 amide bonds. The van der Waals surface area contributed by atoms with Crippen LogP contribution in [0.15, 0.2) is 54.6 Å². The summed E-state index contributed by atoms with van der Waals surface area (Å²) < 4.78 is -1.52. The molecule has 1 N–H and O–H groups in total. The van der Waals surface area contributed by atoms with Crippen LogP contribution in [0.1, 0.15) is 46.1 Å². The molecule has 0 aromatic heterocycles. The van der Waals surface area contributed by atoms with Gasteiger partial charge in [-0.25, -0.2) is 0 Å². The van der Waals surface area contributed by atoms with E-state index in [1.165, 1.54) is 0 Å². The third-order valence-corrected chi connectivity index (χ3v) is 10.6. The van der Waals surface area contributed by atoms with Gasteiger partial charge in [0.25, 0.3) is 0 Å². The summed E-state index contributed by atoms with van der Waals surface area (Å²) in [6, 6.07) is 8.63. The maximum atomic E-state index is 14.3. The number of benzene rings is 1. The lowest BCUT2D eigenvalue weighted by atomic mass is 9.74. The molecule has 204 valence electrons. The van der Waals surface area contributed by atoms with Crippen LogP contribution < -0.4 is 0 Å². The molecule has 0 aliphatic carbocycles. The predicted octanol–water partition coefficient (Wildman–Crippen LogP) is 3.24. The highest BCUT2D eigenvalue weighted by Gasteiger charge is 2.74. The third kappa shape index (κ3) is 4.11. The fourth-order valence-corrected chi connectivity index (χ4v) is 9.15. The van der Waals surface area contributed by atoms with Gasteiger partial charge in [-0.3, -0.25) is 14.4 Å². The Morgan fingerprint density at radius 3 is 2.37 bits per heavy atom. The Labute approximate surface area is 229 Å². The molecule has 0 bridgehead atoms. The topological polar surface area (TPSA) is 81.2 Å². The second kappa shape index (κ2) is 10.2. The van der Waals surface area contributed by atoms with Crippen molar-refractivity contribution in [1.82, 2.24) is 14.7 Å². The van der Waals surface area contributed by atoms with E-state index in [0.717, 1.165) is 18.4 Å². The van der Waals surface area contributed by atoms with Gasteiger partial charge in [0.2, 0.25) is 17.7 Å². The van der Waals surface area contributed by atoms with E-state index in [2.05, 4.69) is 19.9 Å². The van der Waals surface area contributed by atoms with Crippen LogP contribution in [0.4, 0.5) is 0 Å². The summed E-state index contributed by atoms with van der Waals surface area (Å²) >= 11 is 1.59. The largest absolute Gasteiger partial charge is 0.394 e. The Balaban J connectivity index is 1.59. The second-order valence-electron chi connectivity index (χ2n) is 11.4. The van der Waals surface area contributed by atoms with Gasteiger partial charge in [-0.05, 0) is 32.8 Å². The summed E-state index contributed by atoms with van der Waals surface area (Å²) in [5.74, 6) is -1.64. The summed E-state index contributed by atoms with van der Waals surface area (Å²) in [7, 11) is 0. The lowest BCUT2D eigenvalue weighted by Crippen LogP contribution is -2.57. The monoisotopic (exact) mass is 537 g/mol. The molecule has 1 aromatic rings. The molecule has 38 heavy (non-hydrogen) atoms. The van der Waals surface area contributed by atoms with Gasteiger partial charge >= 0.3 is 0 Å². The first-order valence-corrected chi connectivity index (χ1v) is 14.6. The minimum absolute atomic E-state index is 0.0306. The van der Waals surface area contributed by atoms with Crippen LogP contribution in [0.25, 0.3) is 0 Å². The van der Waals surface area contributed by atoms with Crippen molar-refractivity contribution >= 4 is 29.5 Å². The highest BCUT2D eigenvalue weighted by atomic mass is 32.2. The molecule has 7 atom stereocenters. The normalized spacial score (nSPS) is 34.1. The number of hydrogen-bond donors (Lipinski definition) is 1. The minimum atomic E-state index is -0.881. The summed E-state index contributed by atoms with van der Waals surface area (Å²) in [4.78, 5) is 48.2. The molecule has 1 aromatic carbocycles. The molecule has 2 fully saturated rings. The Morgan fingerprint density at radius 2 is 1.68 bits per heavy atom. The molecule has 4 heterocycles. The van der Waals surface area contributed by atoms with Crippen molar-refractivity contribution in [2.45, 2.75) is 74.7 Å². The van der Waals surface area contributed by atoms with Crippen LogP contribution in [0.2, 0.25) is 0 Å². The molecular weight excluding hydrogens is 498 g/mol. The van der Waals surface area contributed by atoms with Crippen LogP contribution in [0.3, 0.4) is 0 Å². The third-order valence-electron chi connectivity index (χ3n) is 8.80. The van der Waals surface area contributed by atoms with Crippen molar-refractivity contribution in [3.05, 3.63) is 60.2 Å². The Bertz CT molecular complexity index is 1160. The first-order valence-electron chi connectivity index (χ1n) is 13.8. The Kier molecular flexibility index (Phi) is 7.24. The number of fused-ring (bicyclic) bond motifs is 2. The van der Waals surface area contributed by atoms with E-state index in [9.17, 15) is 19.5 Å². The van der Waals surface area contributed by atoms with E-state index in [4.69, 9.17) is 0 Å². The first-order chi connectivity index (χ1) is 18.2. The Hall–Kier alpha value is -2.58. The van der Waals surface area contributed by atoms with Gasteiger partial charge in [0.1, 0.15) is 6.04 Å². The highest BCUT2D eigenvalue weighted by molar-refractivity contribution is 8.02. The summed E-state index contributed by atoms with van der Waals surface area (Å²) in [6.45, 7) is 9.17. The zero-order valence-corrected chi connectivity index (χ0v) is 23.6. The standard InChI is InChI=1S/C30H39N3O4S/c1-5-11-20(2)32-17-10-15-30-24(27(36)33(21(3)19-34)25(30)28(32)37)23-26(35)31(16-9-14-29(23,4)38-30)18-22-12-7-6-8-13-22/h6-10,12-15,20-21,23-25,34H,5,11,16-19H2,1-4H3/t20?,21-,23-,24+,25?,29+,30+/m1/s1. The van der Waals surface area contributed by atoms with Crippen molar-refractivity contribution in [3.63, 3.8) is 0 Å². The van der Waals surface area contributed by atoms with Crippen molar-refractivity contribution in [2.75, 3.05) is 19.7 Å². The van der Waals surface area contributed by atoms with Gasteiger partial charge in [0.05, 0.1) is 29.2 Å². The van der Waals surface area contributed by atoms with Gasteiger partial charge in [-0.2, -0.15) is 0 Å². The zero-order valence-electron chi connectivity index (χ0n) is 22.7. The zero-order chi connectivity index (χ0) is 27.2. The molecular formula is C30H39N3O4S. The minimum Gasteiger partial charge on any atom is -0.394 e. The van der Waals surface area contributed by atoms with E-state index in [0.29, 0.717) is 19.6 Å². The SMILES string of the molecule is CCCC(C)N1CC=C[C@]23S[C@@]4(C)C=CCN(Cc5ccccc5)C(=O)[C@H]4[C@H]2C(=O)N([C@H](C)CO)C3C1=O. The number of hydrogen-bond acceptors (Lipinski definition) is 5. The van der Waals surface area contributed by atoms with Gasteiger partial charge < -0.3 is 19.8 Å². The molecule has 4 aliphatic rings. The van der Waals surface area contributed by atoms with Crippen molar-refractivity contribution < 1.29 is 19.5 Å². The van der Waals surface area contributed by atoms with Crippen LogP contribution in [0.5, 0.6) is 0 Å². The van der Waals surface area contributed by atoms with Crippen LogP contribution in [-0.4, -0.2) is 84.8 Å². The molecule has 2 saturated heterocycles. The smallest absolute Gasteiger partial charge is 0.247 e.